The number of esters is 1. The van der Waals surface area contributed by atoms with Gasteiger partial charge in [-0.1, -0.05) is 24.3 Å². The Morgan fingerprint density at radius 1 is 1.16 bits per heavy atom. The molecule has 0 unspecified atom stereocenters. The predicted octanol–water partition coefficient (Wildman–Crippen LogP) is 3.22. The minimum Gasteiger partial charge on any atom is -0.462 e. The summed E-state index contributed by atoms with van der Waals surface area (Å²) >= 11 is 0. The van der Waals surface area contributed by atoms with Crippen LogP contribution in [-0.4, -0.2) is 21.0 Å². The molecule has 1 aliphatic rings. The number of carbonyl (C=O) groups is 1. The second kappa shape index (κ2) is 7.37. The molecule has 0 heterocycles. The molecule has 3 rings (SSSR count). The van der Waals surface area contributed by atoms with Gasteiger partial charge in [-0.05, 0) is 61.6 Å². The molecule has 132 valence electrons. The van der Waals surface area contributed by atoms with Crippen LogP contribution in [0.25, 0.3) is 0 Å². The topological polar surface area (TPSA) is 72.5 Å². The molecule has 0 bridgehead atoms. The van der Waals surface area contributed by atoms with E-state index in [1.165, 1.54) is 29.8 Å². The molecule has 6 heteroatoms. The van der Waals surface area contributed by atoms with Crippen LogP contribution in [0.5, 0.6) is 0 Å². The van der Waals surface area contributed by atoms with Gasteiger partial charge in [0.1, 0.15) is 0 Å². The van der Waals surface area contributed by atoms with Crippen molar-refractivity contribution in [3.63, 3.8) is 0 Å². The van der Waals surface area contributed by atoms with Crippen LogP contribution in [0.2, 0.25) is 0 Å². The zero-order chi connectivity index (χ0) is 17.9. The van der Waals surface area contributed by atoms with E-state index in [1.54, 1.807) is 6.92 Å². The lowest BCUT2D eigenvalue weighted by Crippen LogP contribution is -2.31. The fraction of sp³-hybridized carbons (Fsp3) is 0.316. The van der Waals surface area contributed by atoms with Crippen LogP contribution in [0.15, 0.2) is 53.4 Å². The van der Waals surface area contributed by atoms with Gasteiger partial charge in [0.05, 0.1) is 17.1 Å². The molecule has 5 nitrogen and oxygen atoms in total. The Morgan fingerprint density at radius 3 is 2.60 bits per heavy atom. The second-order valence-electron chi connectivity index (χ2n) is 6.01. The molecule has 0 aliphatic heterocycles. The minimum atomic E-state index is -3.66. The average molecular weight is 359 g/mol. The highest BCUT2D eigenvalue weighted by atomic mass is 32.2. The third-order valence-electron chi connectivity index (χ3n) is 4.34. The van der Waals surface area contributed by atoms with Gasteiger partial charge in [-0.25, -0.2) is 17.9 Å². The van der Waals surface area contributed by atoms with Crippen molar-refractivity contribution in [2.24, 2.45) is 0 Å². The molecule has 0 saturated heterocycles. The molecule has 0 radical (unpaired) electrons. The summed E-state index contributed by atoms with van der Waals surface area (Å²) in [5.41, 5.74) is 2.57. The van der Waals surface area contributed by atoms with Crippen molar-refractivity contribution in [3.8, 4) is 0 Å². The zero-order valence-corrected chi connectivity index (χ0v) is 14.9. The lowest BCUT2D eigenvalue weighted by Gasteiger charge is -2.26. The quantitative estimate of drug-likeness (QED) is 0.832. The summed E-state index contributed by atoms with van der Waals surface area (Å²) < 4.78 is 33.1. The van der Waals surface area contributed by atoms with Crippen LogP contribution in [0, 0.1) is 0 Å². The molecule has 2 aromatic carbocycles. The van der Waals surface area contributed by atoms with Crippen molar-refractivity contribution in [3.05, 3.63) is 65.2 Å². The standard InChI is InChI=1S/C19H21NO4S/c1-2-24-19(21)15-10-12-16(13-11-15)25(22,23)20-18-9-5-7-14-6-3-4-8-17(14)18/h3-4,6,8,10-13,18,20H,2,5,7,9H2,1H3/t18-/m0/s1. The SMILES string of the molecule is CCOC(=O)c1ccc(S(=O)(=O)N[C@H]2CCCc3ccccc32)cc1. The Hall–Kier alpha value is -2.18. The van der Waals surface area contributed by atoms with E-state index in [0.717, 1.165) is 24.8 Å². The van der Waals surface area contributed by atoms with Crippen molar-refractivity contribution in [2.45, 2.75) is 37.1 Å². The molecular formula is C19H21NO4S. The fourth-order valence-electron chi connectivity index (χ4n) is 3.12. The van der Waals surface area contributed by atoms with E-state index >= 15 is 0 Å². The van der Waals surface area contributed by atoms with E-state index < -0.39 is 16.0 Å². The number of benzene rings is 2. The smallest absolute Gasteiger partial charge is 0.338 e. The Labute approximate surface area is 148 Å². The number of nitrogens with one attached hydrogen (secondary N) is 1. The number of hydrogen-bond donors (Lipinski definition) is 1. The van der Waals surface area contributed by atoms with E-state index in [4.69, 9.17) is 4.74 Å². The van der Waals surface area contributed by atoms with Gasteiger partial charge >= 0.3 is 5.97 Å². The number of aryl methyl sites for hydroxylation is 1. The monoisotopic (exact) mass is 359 g/mol. The van der Waals surface area contributed by atoms with Gasteiger partial charge in [0, 0.05) is 6.04 Å². The van der Waals surface area contributed by atoms with Crippen molar-refractivity contribution in [2.75, 3.05) is 6.61 Å². The van der Waals surface area contributed by atoms with Gasteiger partial charge in [0.25, 0.3) is 0 Å². The van der Waals surface area contributed by atoms with Crippen LogP contribution < -0.4 is 4.72 Å². The second-order valence-corrected chi connectivity index (χ2v) is 7.72. The molecule has 2 aromatic rings. The first kappa shape index (κ1) is 17.6. The van der Waals surface area contributed by atoms with Gasteiger partial charge in [-0.2, -0.15) is 0 Å². The van der Waals surface area contributed by atoms with Crippen molar-refractivity contribution in [1.82, 2.24) is 4.72 Å². The third kappa shape index (κ3) is 3.91. The summed E-state index contributed by atoms with van der Waals surface area (Å²) in [6, 6.07) is 13.5. The minimum absolute atomic E-state index is 0.142. The zero-order valence-electron chi connectivity index (χ0n) is 14.1. The van der Waals surface area contributed by atoms with Gasteiger partial charge in [0.2, 0.25) is 10.0 Å². The highest BCUT2D eigenvalue weighted by Gasteiger charge is 2.25. The molecule has 0 saturated carbocycles. The molecule has 1 N–H and O–H groups in total. The maximum Gasteiger partial charge on any atom is 0.338 e. The van der Waals surface area contributed by atoms with E-state index in [-0.39, 0.29) is 17.5 Å². The molecule has 0 amide bonds. The molecule has 1 aliphatic carbocycles. The van der Waals surface area contributed by atoms with Gasteiger partial charge < -0.3 is 4.74 Å². The Morgan fingerprint density at radius 2 is 1.88 bits per heavy atom. The molecule has 0 aromatic heterocycles. The molecule has 0 spiro atoms. The lowest BCUT2D eigenvalue weighted by atomic mass is 9.88. The molecule has 1 atom stereocenters. The largest absolute Gasteiger partial charge is 0.462 e. The number of hydrogen-bond acceptors (Lipinski definition) is 4. The van der Waals surface area contributed by atoms with Crippen LogP contribution in [0.4, 0.5) is 0 Å². The first-order chi connectivity index (χ1) is 12.0. The van der Waals surface area contributed by atoms with Crippen LogP contribution in [0.1, 0.15) is 47.3 Å². The first-order valence-corrected chi connectivity index (χ1v) is 9.87. The number of rotatable bonds is 5. The van der Waals surface area contributed by atoms with Crippen molar-refractivity contribution in [1.29, 1.82) is 0 Å². The summed E-state index contributed by atoms with van der Waals surface area (Å²) in [5, 5.41) is 0. The third-order valence-corrected chi connectivity index (χ3v) is 5.83. The molecule has 25 heavy (non-hydrogen) atoms. The maximum atomic E-state index is 12.7. The van der Waals surface area contributed by atoms with Crippen LogP contribution in [0.3, 0.4) is 0 Å². The Balaban J connectivity index is 1.80. The van der Waals surface area contributed by atoms with Crippen molar-refractivity contribution < 1.29 is 17.9 Å². The van der Waals surface area contributed by atoms with Crippen LogP contribution >= 0.6 is 0 Å². The number of ether oxygens (including phenoxy) is 1. The van der Waals surface area contributed by atoms with Gasteiger partial charge in [0.15, 0.2) is 0 Å². The first-order valence-electron chi connectivity index (χ1n) is 8.38. The lowest BCUT2D eigenvalue weighted by molar-refractivity contribution is 0.0526. The molecular weight excluding hydrogens is 338 g/mol. The fourth-order valence-corrected chi connectivity index (χ4v) is 4.37. The van der Waals surface area contributed by atoms with E-state index in [2.05, 4.69) is 4.72 Å². The average Bonchev–Trinajstić information content (AvgIpc) is 2.62. The summed E-state index contributed by atoms with van der Waals surface area (Å²) in [7, 11) is -3.66. The summed E-state index contributed by atoms with van der Waals surface area (Å²) in [6.07, 6.45) is 2.70. The number of carbonyl (C=O) groups excluding carboxylic acids is 1. The normalized spacial score (nSPS) is 16.9. The van der Waals surface area contributed by atoms with Crippen molar-refractivity contribution >= 4 is 16.0 Å². The van der Waals surface area contributed by atoms with E-state index in [0.29, 0.717) is 5.56 Å². The number of fused-ring (bicyclic) bond motifs is 1. The van der Waals surface area contributed by atoms with Gasteiger partial charge in [-0.15, -0.1) is 0 Å². The van der Waals surface area contributed by atoms with Gasteiger partial charge in [-0.3, -0.25) is 0 Å². The highest BCUT2D eigenvalue weighted by Crippen LogP contribution is 2.30. The number of sulfonamides is 1. The van der Waals surface area contributed by atoms with E-state index in [9.17, 15) is 13.2 Å². The maximum absolute atomic E-state index is 12.7. The predicted molar refractivity (Wildman–Crippen MR) is 94.8 cm³/mol. The Kier molecular flexibility index (Phi) is 5.20. The summed E-state index contributed by atoms with van der Waals surface area (Å²) in [4.78, 5) is 11.8. The van der Waals surface area contributed by atoms with E-state index in [1.807, 2.05) is 24.3 Å². The summed E-state index contributed by atoms with van der Waals surface area (Å²) in [5.74, 6) is -0.458. The molecule has 0 fully saturated rings. The highest BCUT2D eigenvalue weighted by molar-refractivity contribution is 7.89. The van der Waals surface area contributed by atoms with Crippen LogP contribution in [-0.2, 0) is 21.2 Å². The Bertz CT molecular complexity index is 859. The summed E-state index contributed by atoms with van der Waals surface area (Å²) in [6.45, 7) is 2.00.